The molecule has 148 valence electrons. The largest absolute Gasteiger partial charge is 0.416 e. The Morgan fingerprint density at radius 1 is 1.14 bits per heavy atom. The van der Waals surface area contributed by atoms with E-state index in [0.29, 0.717) is 11.4 Å². The standard InChI is InChI=1S/C20H15F3N4OS/c1-11-16(10-24-27(11)15-5-3-4-13(8-15)20(21,22)23)19(28)26-14-6-7-17-18(9-14)29-12(2)25-17/h3-10H,1-2H3,(H,26,28). The van der Waals surface area contributed by atoms with Gasteiger partial charge in [-0.25, -0.2) is 9.67 Å². The van der Waals surface area contributed by atoms with Gasteiger partial charge < -0.3 is 5.32 Å². The number of hydrogen-bond acceptors (Lipinski definition) is 4. The number of aromatic nitrogens is 3. The predicted octanol–water partition coefficient (Wildman–Crippen LogP) is 5.37. The number of benzene rings is 2. The van der Waals surface area contributed by atoms with Crippen molar-refractivity contribution < 1.29 is 18.0 Å². The molecule has 1 amide bonds. The maximum absolute atomic E-state index is 13.0. The molecular weight excluding hydrogens is 401 g/mol. The molecule has 2 aromatic heterocycles. The second-order valence-electron chi connectivity index (χ2n) is 6.47. The lowest BCUT2D eigenvalue weighted by atomic mass is 10.2. The molecule has 0 radical (unpaired) electrons. The summed E-state index contributed by atoms with van der Waals surface area (Å²) in [6.07, 6.45) is -3.11. The molecule has 0 fully saturated rings. The third kappa shape index (κ3) is 3.73. The van der Waals surface area contributed by atoms with Crippen LogP contribution in [0, 0.1) is 13.8 Å². The van der Waals surface area contributed by atoms with Crippen molar-refractivity contribution in [2.75, 3.05) is 5.32 Å². The van der Waals surface area contributed by atoms with E-state index >= 15 is 0 Å². The fourth-order valence-corrected chi connectivity index (χ4v) is 3.89. The third-order valence-electron chi connectivity index (χ3n) is 4.43. The van der Waals surface area contributed by atoms with Crippen molar-refractivity contribution in [1.82, 2.24) is 14.8 Å². The summed E-state index contributed by atoms with van der Waals surface area (Å²) in [5, 5.41) is 7.85. The van der Waals surface area contributed by atoms with E-state index in [1.165, 1.54) is 34.3 Å². The van der Waals surface area contributed by atoms with E-state index < -0.39 is 11.7 Å². The lowest BCUT2D eigenvalue weighted by molar-refractivity contribution is -0.137. The number of carbonyl (C=O) groups excluding carboxylic acids is 1. The fourth-order valence-electron chi connectivity index (χ4n) is 3.02. The van der Waals surface area contributed by atoms with Crippen molar-refractivity contribution in [2.24, 2.45) is 0 Å². The molecule has 1 N–H and O–H groups in total. The van der Waals surface area contributed by atoms with Gasteiger partial charge in [-0.15, -0.1) is 11.3 Å². The van der Waals surface area contributed by atoms with Crippen LogP contribution in [0.25, 0.3) is 15.9 Å². The number of halogens is 3. The maximum atomic E-state index is 13.0. The van der Waals surface area contributed by atoms with Crippen LogP contribution in [-0.2, 0) is 6.18 Å². The number of alkyl halides is 3. The summed E-state index contributed by atoms with van der Waals surface area (Å²) in [4.78, 5) is 17.1. The molecular formula is C20H15F3N4OS. The highest BCUT2D eigenvalue weighted by atomic mass is 32.1. The topological polar surface area (TPSA) is 59.8 Å². The molecule has 9 heteroatoms. The molecule has 5 nitrogen and oxygen atoms in total. The Balaban J connectivity index is 1.61. The average molecular weight is 416 g/mol. The van der Waals surface area contributed by atoms with E-state index in [1.54, 1.807) is 13.0 Å². The molecule has 2 heterocycles. The zero-order valence-electron chi connectivity index (χ0n) is 15.4. The molecule has 0 aliphatic heterocycles. The van der Waals surface area contributed by atoms with Gasteiger partial charge in [0.2, 0.25) is 0 Å². The van der Waals surface area contributed by atoms with Crippen LogP contribution >= 0.6 is 11.3 Å². The zero-order valence-corrected chi connectivity index (χ0v) is 16.2. The van der Waals surface area contributed by atoms with Crippen LogP contribution < -0.4 is 5.32 Å². The smallest absolute Gasteiger partial charge is 0.322 e. The zero-order chi connectivity index (χ0) is 20.8. The van der Waals surface area contributed by atoms with Gasteiger partial charge in [0, 0.05) is 5.69 Å². The number of amides is 1. The number of aryl methyl sites for hydroxylation is 1. The lowest BCUT2D eigenvalue weighted by Gasteiger charge is -2.10. The van der Waals surface area contributed by atoms with Gasteiger partial charge in [0.1, 0.15) is 0 Å². The van der Waals surface area contributed by atoms with E-state index in [-0.39, 0.29) is 17.2 Å². The van der Waals surface area contributed by atoms with Crippen molar-refractivity contribution >= 4 is 33.1 Å². The monoisotopic (exact) mass is 416 g/mol. The summed E-state index contributed by atoms with van der Waals surface area (Å²) in [5.41, 5.74) is 1.65. The fraction of sp³-hybridized carbons (Fsp3) is 0.150. The first-order chi connectivity index (χ1) is 13.7. The number of fused-ring (bicyclic) bond motifs is 1. The van der Waals surface area contributed by atoms with Gasteiger partial charge in [-0.05, 0) is 50.2 Å². The molecule has 4 rings (SSSR count). The Morgan fingerprint density at radius 2 is 1.93 bits per heavy atom. The number of nitrogens with one attached hydrogen (secondary N) is 1. The Kier molecular flexibility index (Phi) is 4.62. The number of hydrogen-bond donors (Lipinski definition) is 1. The molecule has 0 unspecified atom stereocenters. The number of nitrogens with zero attached hydrogens (tertiary/aromatic N) is 3. The Morgan fingerprint density at radius 3 is 2.69 bits per heavy atom. The van der Waals surface area contributed by atoms with Crippen LogP contribution in [0.15, 0.2) is 48.7 Å². The highest BCUT2D eigenvalue weighted by Crippen LogP contribution is 2.31. The van der Waals surface area contributed by atoms with Gasteiger partial charge in [-0.2, -0.15) is 18.3 Å². The normalized spacial score (nSPS) is 11.8. The summed E-state index contributed by atoms with van der Waals surface area (Å²) in [6.45, 7) is 3.55. The van der Waals surface area contributed by atoms with Crippen LogP contribution in [-0.4, -0.2) is 20.7 Å². The first kappa shape index (κ1) is 19.1. The Hall–Kier alpha value is -3.20. The molecule has 0 aliphatic carbocycles. The number of anilines is 1. The van der Waals surface area contributed by atoms with Crippen LogP contribution in [0.3, 0.4) is 0 Å². The van der Waals surface area contributed by atoms with Gasteiger partial charge >= 0.3 is 6.18 Å². The lowest BCUT2D eigenvalue weighted by Crippen LogP contribution is -2.13. The molecule has 29 heavy (non-hydrogen) atoms. The van der Waals surface area contributed by atoms with Crippen LogP contribution in [0.5, 0.6) is 0 Å². The van der Waals surface area contributed by atoms with Crippen molar-refractivity contribution in [2.45, 2.75) is 20.0 Å². The highest BCUT2D eigenvalue weighted by molar-refractivity contribution is 7.18. The predicted molar refractivity (Wildman–Crippen MR) is 106 cm³/mol. The summed E-state index contributed by atoms with van der Waals surface area (Å²) in [5.74, 6) is -0.388. The Bertz CT molecular complexity index is 1230. The molecule has 2 aromatic carbocycles. The van der Waals surface area contributed by atoms with E-state index in [2.05, 4.69) is 15.4 Å². The summed E-state index contributed by atoms with van der Waals surface area (Å²) in [7, 11) is 0. The van der Waals surface area contributed by atoms with Gasteiger partial charge in [-0.1, -0.05) is 6.07 Å². The van der Waals surface area contributed by atoms with Crippen molar-refractivity contribution in [3.63, 3.8) is 0 Å². The quantitative estimate of drug-likeness (QED) is 0.488. The minimum absolute atomic E-state index is 0.234. The first-order valence-corrected chi connectivity index (χ1v) is 9.45. The molecule has 0 aliphatic rings. The summed E-state index contributed by atoms with van der Waals surface area (Å²) >= 11 is 1.53. The van der Waals surface area contributed by atoms with Crippen molar-refractivity contribution in [3.8, 4) is 5.69 Å². The summed E-state index contributed by atoms with van der Waals surface area (Å²) in [6, 6.07) is 10.2. The molecule has 4 aromatic rings. The van der Waals surface area contributed by atoms with Gasteiger partial charge in [-0.3, -0.25) is 4.79 Å². The van der Waals surface area contributed by atoms with Gasteiger partial charge in [0.05, 0.1) is 43.9 Å². The van der Waals surface area contributed by atoms with Gasteiger partial charge in [0.25, 0.3) is 5.91 Å². The molecule has 0 saturated heterocycles. The first-order valence-electron chi connectivity index (χ1n) is 8.63. The molecule has 0 spiro atoms. The van der Waals surface area contributed by atoms with Crippen LogP contribution in [0.2, 0.25) is 0 Å². The van der Waals surface area contributed by atoms with Crippen LogP contribution in [0.1, 0.15) is 26.6 Å². The van der Waals surface area contributed by atoms with Crippen molar-refractivity contribution in [1.29, 1.82) is 0 Å². The van der Waals surface area contributed by atoms with E-state index in [0.717, 1.165) is 27.4 Å². The van der Waals surface area contributed by atoms with E-state index in [4.69, 9.17) is 0 Å². The second-order valence-corrected chi connectivity index (χ2v) is 7.71. The van der Waals surface area contributed by atoms with Crippen LogP contribution in [0.4, 0.5) is 18.9 Å². The maximum Gasteiger partial charge on any atom is 0.416 e. The van der Waals surface area contributed by atoms with E-state index in [1.807, 2.05) is 19.1 Å². The van der Waals surface area contributed by atoms with E-state index in [9.17, 15) is 18.0 Å². The molecule has 0 bridgehead atoms. The summed E-state index contributed by atoms with van der Waals surface area (Å²) < 4.78 is 41.2. The minimum atomic E-state index is -4.45. The van der Waals surface area contributed by atoms with Gasteiger partial charge in [0.15, 0.2) is 0 Å². The average Bonchev–Trinajstić information content (AvgIpc) is 3.22. The number of thiazole rings is 1. The number of carbonyl (C=O) groups is 1. The molecule has 0 atom stereocenters. The SMILES string of the molecule is Cc1nc2ccc(NC(=O)c3cnn(-c4cccc(C(F)(F)F)c4)c3C)cc2s1. The van der Waals surface area contributed by atoms with Crippen molar-refractivity contribution in [3.05, 3.63) is 70.5 Å². The minimum Gasteiger partial charge on any atom is -0.322 e. The second kappa shape index (κ2) is 7.00. The molecule has 0 saturated carbocycles. The number of rotatable bonds is 3. The highest BCUT2D eigenvalue weighted by Gasteiger charge is 2.30. The Labute approximate surface area is 167 Å². The third-order valence-corrected chi connectivity index (χ3v) is 5.36.